The molecular formula is C25H27FN2O. The number of benzene rings is 2. The van der Waals surface area contributed by atoms with Crippen molar-refractivity contribution in [1.82, 2.24) is 9.88 Å². The van der Waals surface area contributed by atoms with E-state index in [2.05, 4.69) is 9.88 Å². The molecule has 2 aromatic carbocycles. The topological polar surface area (TPSA) is 34.0 Å². The first kappa shape index (κ1) is 19.4. The molecule has 150 valence electrons. The van der Waals surface area contributed by atoms with Gasteiger partial charge in [-0.15, -0.1) is 0 Å². The Bertz CT molecular complexity index is 1020. The molecule has 29 heavy (non-hydrogen) atoms. The lowest BCUT2D eigenvalue weighted by Gasteiger charge is -2.19. The second kappa shape index (κ2) is 8.24. The monoisotopic (exact) mass is 390 g/mol. The molecule has 1 amide bonds. The lowest BCUT2D eigenvalue weighted by Crippen LogP contribution is -2.29. The standard InChI is InChI=1S/C25H27FN2O/c1-17-21-13-7-9-15-23(21)28(16-20-12-6-8-14-22(20)26)24(17)25(29)27-18(2)19-10-4-3-5-11-19/h3-6,8,10-12,14,18H,7,9,13,15-16H2,1-2H3,(H,27,29)/t18-/m0/s1. The Balaban J connectivity index is 1.71. The number of hydrogen-bond acceptors (Lipinski definition) is 1. The van der Waals surface area contributed by atoms with Crippen molar-refractivity contribution in [3.05, 3.63) is 94.1 Å². The Morgan fingerprint density at radius 3 is 2.52 bits per heavy atom. The van der Waals surface area contributed by atoms with Gasteiger partial charge in [0.25, 0.3) is 5.91 Å². The van der Waals surface area contributed by atoms with Gasteiger partial charge in [0.1, 0.15) is 11.5 Å². The van der Waals surface area contributed by atoms with Crippen LogP contribution >= 0.6 is 0 Å². The van der Waals surface area contributed by atoms with Crippen LogP contribution in [0.15, 0.2) is 54.6 Å². The first-order valence-electron chi connectivity index (χ1n) is 10.4. The number of halogens is 1. The van der Waals surface area contributed by atoms with Crippen LogP contribution in [-0.4, -0.2) is 10.5 Å². The summed E-state index contributed by atoms with van der Waals surface area (Å²) in [5.74, 6) is -0.322. The van der Waals surface area contributed by atoms with Crippen LogP contribution in [-0.2, 0) is 19.4 Å². The summed E-state index contributed by atoms with van der Waals surface area (Å²) in [5.41, 5.74) is 5.84. The number of carbonyl (C=O) groups excluding carboxylic acids is 1. The van der Waals surface area contributed by atoms with E-state index in [-0.39, 0.29) is 17.8 Å². The first-order valence-corrected chi connectivity index (χ1v) is 10.4. The number of nitrogens with zero attached hydrogens (tertiary/aromatic N) is 1. The third kappa shape index (κ3) is 3.84. The summed E-state index contributed by atoms with van der Waals surface area (Å²) >= 11 is 0. The molecule has 0 radical (unpaired) electrons. The van der Waals surface area contributed by atoms with Crippen LogP contribution in [0.3, 0.4) is 0 Å². The van der Waals surface area contributed by atoms with Gasteiger partial charge in [0, 0.05) is 11.3 Å². The number of fused-ring (bicyclic) bond motifs is 1. The van der Waals surface area contributed by atoms with Crippen LogP contribution in [0.4, 0.5) is 4.39 Å². The van der Waals surface area contributed by atoms with Crippen LogP contribution in [0.5, 0.6) is 0 Å². The van der Waals surface area contributed by atoms with Crippen molar-refractivity contribution in [3.63, 3.8) is 0 Å². The molecule has 1 atom stereocenters. The number of carbonyl (C=O) groups is 1. The fourth-order valence-electron chi connectivity index (χ4n) is 4.43. The van der Waals surface area contributed by atoms with Gasteiger partial charge in [-0.2, -0.15) is 0 Å². The number of aromatic nitrogens is 1. The maximum absolute atomic E-state index is 14.4. The molecule has 4 rings (SSSR count). The molecule has 0 saturated carbocycles. The molecule has 1 N–H and O–H groups in total. The molecule has 1 heterocycles. The van der Waals surface area contributed by atoms with Crippen molar-refractivity contribution in [2.45, 2.75) is 52.1 Å². The highest BCUT2D eigenvalue weighted by atomic mass is 19.1. The van der Waals surface area contributed by atoms with Gasteiger partial charge in [0.15, 0.2) is 0 Å². The van der Waals surface area contributed by atoms with Crippen molar-refractivity contribution in [3.8, 4) is 0 Å². The Kier molecular flexibility index (Phi) is 5.52. The SMILES string of the molecule is Cc1c2c(n(Cc3ccccc3F)c1C(=O)N[C@@H](C)c1ccccc1)CCCC2. The Morgan fingerprint density at radius 2 is 1.76 bits per heavy atom. The van der Waals surface area contributed by atoms with E-state index in [1.165, 1.54) is 17.3 Å². The smallest absolute Gasteiger partial charge is 0.268 e. The van der Waals surface area contributed by atoms with E-state index in [4.69, 9.17) is 0 Å². The molecule has 3 nitrogen and oxygen atoms in total. The quantitative estimate of drug-likeness (QED) is 0.626. The summed E-state index contributed by atoms with van der Waals surface area (Å²) in [6.07, 6.45) is 4.17. The summed E-state index contributed by atoms with van der Waals surface area (Å²) in [6, 6.07) is 16.7. The molecule has 0 aliphatic heterocycles. The van der Waals surface area contributed by atoms with Crippen molar-refractivity contribution in [2.24, 2.45) is 0 Å². The minimum Gasteiger partial charge on any atom is -0.344 e. The zero-order valence-corrected chi connectivity index (χ0v) is 17.0. The van der Waals surface area contributed by atoms with E-state index in [0.29, 0.717) is 17.8 Å². The summed E-state index contributed by atoms with van der Waals surface area (Å²) in [4.78, 5) is 13.3. The summed E-state index contributed by atoms with van der Waals surface area (Å²) in [7, 11) is 0. The minimum absolute atomic E-state index is 0.0930. The summed E-state index contributed by atoms with van der Waals surface area (Å²) < 4.78 is 16.4. The highest BCUT2D eigenvalue weighted by molar-refractivity contribution is 5.95. The van der Waals surface area contributed by atoms with E-state index in [1.807, 2.05) is 50.2 Å². The number of amides is 1. The third-order valence-electron chi connectivity index (χ3n) is 5.99. The molecule has 0 unspecified atom stereocenters. The Labute approximate surface area is 171 Å². The van der Waals surface area contributed by atoms with Gasteiger partial charge in [-0.05, 0) is 62.3 Å². The second-order valence-corrected chi connectivity index (χ2v) is 7.89. The van der Waals surface area contributed by atoms with Crippen LogP contribution in [0, 0.1) is 12.7 Å². The number of nitrogens with one attached hydrogen (secondary N) is 1. The summed E-state index contributed by atoms with van der Waals surface area (Å²) in [5, 5.41) is 3.15. The van der Waals surface area contributed by atoms with E-state index in [1.54, 1.807) is 12.1 Å². The van der Waals surface area contributed by atoms with E-state index in [9.17, 15) is 9.18 Å². The maximum Gasteiger partial charge on any atom is 0.268 e. The van der Waals surface area contributed by atoms with E-state index >= 15 is 0 Å². The predicted octanol–water partition coefficient (Wildman–Crippen LogP) is 5.35. The number of rotatable bonds is 5. The van der Waals surface area contributed by atoms with Gasteiger partial charge in [-0.1, -0.05) is 48.5 Å². The molecule has 1 aromatic heterocycles. The van der Waals surface area contributed by atoms with Crippen LogP contribution in [0.2, 0.25) is 0 Å². The normalized spacial score (nSPS) is 14.3. The second-order valence-electron chi connectivity index (χ2n) is 7.89. The molecule has 1 aliphatic carbocycles. The molecule has 0 fully saturated rings. The molecule has 1 aliphatic rings. The van der Waals surface area contributed by atoms with Crippen LogP contribution in [0.25, 0.3) is 0 Å². The highest BCUT2D eigenvalue weighted by Gasteiger charge is 2.27. The fourth-order valence-corrected chi connectivity index (χ4v) is 4.43. The highest BCUT2D eigenvalue weighted by Crippen LogP contribution is 2.31. The average Bonchev–Trinajstić information content (AvgIpc) is 3.02. The molecule has 0 saturated heterocycles. The van der Waals surface area contributed by atoms with Gasteiger partial charge in [-0.3, -0.25) is 4.79 Å². The van der Waals surface area contributed by atoms with Gasteiger partial charge in [0.05, 0.1) is 12.6 Å². The number of hydrogen-bond donors (Lipinski definition) is 1. The first-order chi connectivity index (χ1) is 14.1. The van der Waals surface area contributed by atoms with Gasteiger partial charge in [-0.25, -0.2) is 4.39 Å². The van der Waals surface area contributed by atoms with Crippen molar-refractivity contribution in [2.75, 3.05) is 0 Å². The average molecular weight is 391 g/mol. The zero-order chi connectivity index (χ0) is 20.4. The van der Waals surface area contributed by atoms with Crippen LogP contribution in [0.1, 0.15) is 64.2 Å². The summed E-state index contributed by atoms with van der Waals surface area (Å²) in [6.45, 7) is 4.40. The third-order valence-corrected chi connectivity index (χ3v) is 5.99. The Hall–Kier alpha value is -2.88. The Morgan fingerprint density at radius 1 is 1.07 bits per heavy atom. The molecule has 0 bridgehead atoms. The predicted molar refractivity (Wildman–Crippen MR) is 114 cm³/mol. The zero-order valence-electron chi connectivity index (χ0n) is 17.0. The molecule has 3 aromatic rings. The largest absolute Gasteiger partial charge is 0.344 e. The van der Waals surface area contributed by atoms with E-state index < -0.39 is 0 Å². The van der Waals surface area contributed by atoms with Crippen molar-refractivity contribution in [1.29, 1.82) is 0 Å². The fraction of sp³-hybridized carbons (Fsp3) is 0.320. The van der Waals surface area contributed by atoms with Gasteiger partial charge in [0.2, 0.25) is 0 Å². The van der Waals surface area contributed by atoms with Gasteiger partial charge < -0.3 is 9.88 Å². The minimum atomic E-state index is -0.229. The van der Waals surface area contributed by atoms with Crippen LogP contribution < -0.4 is 5.32 Å². The van der Waals surface area contributed by atoms with Crippen molar-refractivity contribution >= 4 is 5.91 Å². The van der Waals surface area contributed by atoms with E-state index in [0.717, 1.165) is 36.8 Å². The lowest BCUT2D eigenvalue weighted by atomic mass is 9.95. The molecule has 0 spiro atoms. The maximum atomic E-state index is 14.4. The van der Waals surface area contributed by atoms with Gasteiger partial charge >= 0.3 is 0 Å². The molecular weight excluding hydrogens is 363 g/mol. The lowest BCUT2D eigenvalue weighted by molar-refractivity contribution is 0.0930. The van der Waals surface area contributed by atoms with Crippen molar-refractivity contribution < 1.29 is 9.18 Å². The molecule has 4 heteroatoms.